The van der Waals surface area contributed by atoms with Crippen LogP contribution in [0.5, 0.6) is 5.75 Å². The van der Waals surface area contributed by atoms with E-state index in [-0.39, 0.29) is 5.88 Å². The Labute approximate surface area is 89.5 Å². The van der Waals surface area contributed by atoms with Gasteiger partial charge in [0.2, 0.25) is 0 Å². The number of hydrogen-bond donors (Lipinski definition) is 3. The summed E-state index contributed by atoms with van der Waals surface area (Å²) in [7, 11) is 0. The average molecular weight is 239 g/mol. The number of phenolic OH excluding ortho intramolecular Hbond substituents is 1. The highest BCUT2D eigenvalue weighted by Crippen LogP contribution is 2.27. The van der Waals surface area contributed by atoms with Crippen LogP contribution in [0.25, 0.3) is 0 Å². The van der Waals surface area contributed by atoms with E-state index in [0.29, 0.717) is 12.1 Å². The molecule has 0 aliphatic rings. The fourth-order valence-electron chi connectivity index (χ4n) is 1.13. The molecule has 0 saturated heterocycles. The lowest BCUT2D eigenvalue weighted by atomic mass is 10.0. The Hall–Kier alpha value is -0.910. The summed E-state index contributed by atoms with van der Waals surface area (Å²) >= 11 is 5.23. The van der Waals surface area contributed by atoms with Gasteiger partial charge in [-0.25, -0.2) is 8.78 Å². The predicted molar refractivity (Wildman–Crippen MR) is 49.7 cm³/mol. The lowest BCUT2D eigenvalue weighted by molar-refractivity contribution is 0.0280. The SMILES string of the molecule is Oc1cc(F)c(C(O)C(O)CCl)c(F)c1. The number of rotatable bonds is 3. The van der Waals surface area contributed by atoms with Gasteiger partial charge in [-0.05, 0) is 0 Å². The Balaban J connectivity index is 3.13. The van der Waals surface area contributed by atoms with Gasteiger partial charge in [0.25, 0.3) is 0 Å². The first kappa shape index (κ1) is 12.2. The first-order valence-corrected chi connectivity index (χ1v) is 4.60. The maximum atomic E-state index is 13.1. The number of alkyl halides is 1. The zero-order chi connectivity index (χ0) is 11.6. The maximum absolute atomic E-state index is 13.1. The van der Waals surface area contributed by atoms with E-state index < -0.39 is 35.2 Å². The van der Waals surface area contributed by atoms with E-state index in [2.05, 4.69) is 0 Å². The van der Waals surface area contributed by atoms with Crippen molar-refractivity contribution in [2.24, 2.45) is 0 Å². The average Bonchev–Trinajstić information content (AvgIpc) is 2.14. The van der Waals surface area contributed by atoms with Gasteiger partial charge in [-0.15, -0.1) is 11.6 Å². The summed E-state index contributed by atoms with van der Waals surface area (Å²) in [5.74, 6) is -3.23. The molecule has 0 aromatic heterocycles. The number of phenols is 1. The van der Waals surface area contributed by atoms with E-state index in [1.807, 2.05) is 0 Å². The Morgan fingerprint density at radius 3 is 2.07 bits per heavy atom. The summed E-state index contributed by atoms with van der Waals surface area (Å²) in [6.45, 7) is 0. The van der Waals surface area contributed by atoms with E-state index >= 15 is 0 Å². The summed E-state index contributed by atoms with van der Waals surface area (Å²) < 4.78 is 26.3. The van der Waals surface area contributed by atoms with Gasteiger partial charge in [0.1, 0.15) is 23.5 Å². The lowest BCUT2D eigenvalue weighted by Crippen LogP contribution is -2.21. The van der Waals surface area contributed by atoms with Crippen molar-refractivity contribution in [3.63, 3.8) is 0 Å². The number of benzene rings is 1. The minimum Gasteiger partial charge on any atom is -0.508 e. The Kier molecular flexibility index (Phi) is 3.84. The molecular formula is C9H9ClF2O3. The summed E-state index contributed by atoms with van der Waals surface area (Å²) in [5, 5.41) is 27.3. The van der Waals surface area contributed by atoms with Crippen LogP contribution in [0.3, 0.4) is 0 Å². The highest BCUT2D eigenvalue weighted by Gasteiger charge is 2.25. The highest BCUT2D eigenvalue weighted by atomic mass is 35.5. The molecule has 0 fully saturated rings. The first-order chi connectivity index (χ1) is 6.97. The minimum absolute atomic E-state index is 0.360. The molecule has 2 atom stereocenters. The molecular weight excluding hydrogens is 230 g/mol. The molecule has 0 aliphatic carbocycles. The van der Waals surface area contributed by atoms with Crippen LogP contribution in [0.4, 0.5) is 8.78 Å². The second-order valence-corrected chi connectivity index (χ2v) is 3.30. The second kappa shape index (κ2) is 4.74. The monoisotopic (exact) mass is 238 g/mol. The number of hydrogen-bond acceptors (Lipinski definition) is 3. The van der Waals surface area contributed by atoms with E-state index in [0.717, 1.165) is 0 Å². The fourth-order valence-corrected chi connectivity index (χ4v) is 1.30. The molecule has 0 aliphatic heterocycles. The number of aliphatic hydroxyl groups excluding tert-OH is 2. The van der Waals surface area contributed by atoms with Crippen LogP contribution >= 0.6 is 11.6 Å². The maximum Gasteiger partial charge on any atom is 0.135 e. The summed E-state index contributed by atoms with van der Waals surface area (Å²) in [5.41, 5.74) is -0.707. The quantitative estimate of drug-likeness (QED) is 0.696. The van der Waals surface area contributed by atoms with Crippen LogP contribution in [0.2, 0.25) is 0 Å². The second-order valence-electron chi connectivity index (χ2n) is 2.99. The van der Waals surface area contributed by atoms with Crippen molar-refractivity contribution in [1.82, 2.24) is 0 Å². The molecule has 3 nitrogen and oxygen atoms in total. The molecule has 6 heteroatoms. The van der Waals surface area contributed by atoms with Crippen molar-refractivity contribution < 1.29 is 24.1 Å². The lowest BCUT2D eigenvalue weighted by Gasteiger charge is -2.17. The zero-order valence-electron chi connectivity index (χ0n) is 7.49. The molecule has 0 heterocycles. The van der Waals surface area contributed by atoms with Gasteiger partial charge in [-0.1, -0.05) is 0 Å². The van der Waals surface area contributed by atoms with Crippen molar-refractivity contribution in [1.29, 1.82) is 0 Å². The molecule has 15 heavy (non-hydrogen) atoms. The van der Waals surface area contributed by atoms with Gasteiger partial charge >= 0.3 is 0 Å². The standard InChI is InChI=1S/C9H9ClF2O3/c10-3-7(14)9(15)8-5(11)1-4(13)2-6(8)12/h1-2,7,9,13-15H,3H2. The fraction of sp³-hybridized carbons (Fsp3) is 0.333. The van der Waals surface area contributed by atoms with Gasteiger partial charge in [0.15, 0.2) is 0 Å². The molecule has 0 saturated carbocycles. The number of aliphatic hydroxyl groups is 2. The molecule has 0 radical (unpaired) electrons. The van der Waals surface area contributed by atoms with Crippen LogP contribution in [-0.4, -0.2) is 27.3 Å². The summed E-state index contributed by atoms with van der Waals surface area (Å²) in [4.78, 5) is 0. The van der Waals surface area contributed by atoms with Gasteiger partial charge in [0.05, 0.1) is 17.5 Å². The van der Waals surface area contributed by atoms with Crippen molar-refractivity contribution >= 4 is 11.6 Å². The first-order valence-electron chi connectivity index (χ1n) is 4.07. The molecule has 84 valence electrons. The van der Waals surface area contributed by atoms with E-state index in [1.54, 1.807) is 0 Å². The van der Waals surface area contributed by atoms with Crippen LogP contribution < -0.4 is 0 Å². The van der Waals surface area contributed by atoms with Crippen molar-refractivity contribution in [2.75, 3.05) is 5.88 Å². The Morgan fingerprint density at radius 2 is 1.67 bits per heavy atom. The zero-order valence-corrected chi connectivity index (χ0v) is 8.25. The summed E-state index contributed by atoms with van der Waals surface area (Å²) in [6.07, 6.45) is -3.23. The number of aromatic hydroxyl groups is 1. The van der Waals surface area contributed by atoms with Crippen molar-refractivity contribution in [3.05, 3.63) is 29.3 Å². The molecule has 0 amide bonds. The Bertz CT molecular complexity index is 336. The van der Waals surface area contributed by atoms with E-state index in [9.17, 15) is 13.9 Å². The third kappa shape index (κ3) is 2.56. The predicted octanol–water partition coefficient (Wildman–Crippen LogP) is 1.30. The minimum atomic E-state index is -1.76. The van der Waals surface area contributed by atoms with E-state index in [4.69, 9.17) is 21.8 Å². The molecule has 0 bridgehead atoms. The molecule has 3 N–H and O–H groups in total. The third-order valence-electron chi connectivity index (χ3n) is 1.88. The normalized spacial score (nSPS) is 15.0. The summed E-state index contributed by atoms with van der Waals surface area (Å²) in [6, 6.07) is 1.28. The largest absolute Gasteiger partial charge is 0.508 e. The van der Waals surface area contributed by atoms with Gasteiger partial charge in [-0.2, -0.15) is 0 Å². The molecule has 2 unspecified atom stereocenters. The molecule has 0 spiro atoms. The van der Waals surface area contributed by atoms with Crippen LogP contribution in [0, 0.1) is 11.6 Å². The smallest absolute Gasteiger partial charge is 0.135 e. The van der Waals surface area contributed by atoms with Crippen molar-refractivity contribution in [3.8, 4) is 5.75 Å². The van der Waals surface area contributed by atoms with E-state index in [1.165, 1.54) is 0 Å². The van der Waals surface area contributed by atoms with Gasteiger partial charge < -0.3 is 15.3 Å². The Morgan fingerprint density at radius 1 is 1.20 bits per heavy atom. The third-order valence-corrected chi connectivity index (χ3v) is 2.20. The van der Waals surface area contributed by atoms with Crippen LogP contribution in [0.1, 0.15) is 11.7 Å². The number of halogens is 3. The van der Waals surface area contributed by atoms with Gasteiger partial charge in [-0.3, -0.25) is 0 Å². The van der Waals surface area contributed by atoms with Gasteiger partial charge in [0, 0.05) is 12.1 Å². The highest BCUT2D eigenvalue weighted by molar-refractivity contribution is 6.18. The van der Waals surface area contributed by atoms with Crippen molar-refractivity contribution in [2.45, 2.75) is 12.2 Å². The van der Waals surface area contributed by atoms with Crippen LogP contribution in [-0.2, 0) is 0 Å². The molecule has 1 aromatic carbocycles. The topological polar surface area (TPSA) is 60.7 Å². The molecule has 1 aromatic rings. The van der Waals surface area contributed by atoms with Crippen LogP contribution in [0.15, 0.2) is 12.1 Å². The molecule has 1 rings (SSSR count).